The van der Waals surface area contributed by atoms with E-state index in [1.807, 2.05) is 54.3 Å². The lowest BCUT2D eigenvalue weighted by Gasteiger charge is -2.34. The van der Waals surface area contributed by atoms with Gasteiger partial charge in [0, 0.05) is 25.1 Å². The fourth-order valence-electron chi connectivity index (χ4n) is 4.41. The first-order valence-corrected chi connectivity index (χ1v) is 10.9. The van der Waals surface area contributed by atoms with Crippen LogP contribution in [0.15, 0.2) is 59.1 Å². The first-order valence-electron chi connectivity index (χ1n) is 10.9. The third-order valence-electron chi connectivity index (χ3n) is 6.06. The van der Waals surface area contributed by atoms with Gasteiger partial charge in [-0.25, -0.2) is 0 Å². The highest BCUT2D eigenvalue weighted by Crippen LogP contribution is 2.27. The fourth-order valence-corrected chi connectivity index (χ4v) is 4.41. The van der Waals surface area contributed by atoms with E-state index < -0.39 is 0 Å². The minimum absolute atomic E-state index is 0.0685. The molecular formula is C25H29N3O2. The van der Waals surface area contributed by atoms with Crippen molar-refractivity contribution in [3.63, 3.8) is 0 Å². The predicted molar refractivity (Wildman–Crippen MR) is 117 cm³/mol. The molecule has 1 amide bonds. The molecule has 3 aromatic rings. The molecule has 1 aliphatic rings. The summed E-state index contributed by atoms with van der Waals surface area (Å²) in [6, 6.07) is 18.2. The molecule has 156 valence electrons. The van der Waals surface area contributed by atoms with E-state index in [4.69, 9.17) is 4.52 Å². The molecule has 0 saturated carbocycles. The van der Waals surface area contributed by atoms with Gasteiger partial charge < -0.3 is 9.42 Å². The van der Waals surface area contributed by atoms with Crippen molar-refractivity contribution < 1.29 is 9.32 Å². The van der Waals surface area contributed by atoms with E-state index in [-0.39, 0.29) is 11.8 Å². The Morgan fingerprint density at radius 3 is 2.70 bits per heavy atom. The van der Waals surface area contributed by atoms with Gasteiger partial charge in [0.15, 0.2) is 0 Å². The van der Waals surface area contributed by atoms with Crippen LogP contribution in [-0.4, -0.2) is 34.0 Å². The van der Waals surface area contributed by atoms with E-state index in [1.165, 1.54) is 0 Å². The van der Waals surface area contributed by atoms with Crippen LogP contribution in [-0.2, 0) is 11.2 Å². The van der Waals surface area contributed by atoms with E-state index in [1.54, 1.807) is 0 Å². The molecule has 0 spiro atoms. The van der Waals surface area contributed by atoms with Gasteiger partial charge in [0.1, 0.15) is 0 Å². The van der Waals surface area contributed by atoms with Gasteiger partial charge in [0.25, 0.3) is 0 Å². The van der Waals surface area contributed by atoms with Crippen molar-refractivity contribution in [3.05, 3.63) is 71.6 Å². The Morgan fingerprint density at radius 1 is 1.17 bits per heavy atom. The van der Waals surface area contributed by atoms with E-state index in [2.05, 4.69) is 29.2 Å². The summed E-state index contributed by atoms with van der Waals surface area (Å²) in [5, 5.41) is 4.18. The fraction of sp³-hybridized carbons (Fsp3) is 0.400. The Morgan fingerprint density at radius 2 is 1.93 bits per heavy atom. The van der Waals surface area contributed by atoms with Crippen LogP contribution in [0.5, 0.6) is 0 Å². The monoisotopic (exact) mass is 403 g/mol. The van der Waals surface area contributed by atoms with Gasteiger partial charge in [-0.05, 0) is 43.2 Å². The van der Waals surface area contributed by atoms with Crippen molar-refractivity contribution in [1.29, 1.82) is 0 Å². The molecule has 4 rings (SSSR count). The molecule has 0 N–H and O–H groups in total. The van der Waals surface area contributed by atoms with E-state index in [0.29, 0.717) is 24.1 Å². The summed E-state index contributed by atoms with van der Waals surface area (Å²) in [7, 11) is 0. The van der Waals surface area contributed by atoms with E-state index in [9.17, 15) is 4.79 Å². The number of amides is 1. The maximum Gasteiger partial charge on any atom is 0.230 e. The van der Waals surface area contributed by atoms with Crippen molar-refractivity contribution in [1.82, 2.24) is 15.0 Å². The number of hydrogen-bond donors (Lipinski definition) is 0. The SMILES string of the molecule is CC[C@@H](C(=O)N1CCC[C@H](Cc2nc(-c3ccccc3C)no2)C1)c1ccccc1. The highest BCUT2D eigenvalue weighted by molar-refractivity contribution is 5.83. The molecule has 2 atom stereocenters. The Balaban J connectivity index is 1.42. The van der Waals surface area contributed by atoms with Gasteiger partial charge in [-0.15, -0.1) is 0 Å². The molecule has 30 heavy (non-hydrogen) atoms. The van der Waals surface area contributed by atoms with Crippen LogP contribution in [0.2, 0.25) is 0 Å². The highest BCUT2D eigenvalue weighted by atomic mass is 16.5. The summed E-state index contributed by atoms with van der Waals surface area (Å²) in [4.78, 5) is 19.9. The first-order chi connectivity index (χ1) is 14.7. The van der Waals surface area contributed by atoms with Crippen LogP contribution in [0, 0.1) is 12.8 Å². The first kappa shape index (κ1) is 20.3. The number of hydrogen-bond acceptors (Lipinski definition) is 4. The number of carbonyl (C=O) groups excluding carboxylic acids is 1. The number of likely N-dealkylation sites (tertiary alicyclic amines) is 1. The lowest BCUT2D eigenvalue weighted by atomic mass is 9.91. The average molecular weight is 404 g/mol. The quantitative estimate of drug-likeness (QED) is 0.580. The highest BCUT2D eigenvalue weighted by Gasteiger charge is 2.30. The molecule has 2 aromatic carbocycles. The van der Waals surface area contributed by atoms with Crippen LogP contribution >= 0.6 is 0 Å². The second-order valence-electron chi connectivity index (χ2n) is 8.19. The number of aryl methyl sites for hydroxylation is 1. The Kier molecular flexibility index (Phi) is 6.26. The van der Waals surface area contributed by atoms with Gasteiger partial charge >= 0.3 is 0 Å². The molecule has 0 aliphatic carbocycles. The number of carbonyl (C=O) groups is 1. The normalized spacial score (nSPS) is 17.7. The van der Waals surface area contributed by atoms with Gasteiger partial charge in [-0.3, -0.25) is 4.79 Å². The Labute approximate surface area is 178 Å². The number of piperidine rings is 1. The lowest BCUT2D eigenvalue weighted by Crippen LogP contribution is -2.42. The molecule has 0 unspecified atom stereocenters. The van der Waals surface area contributed by atoms with Crippen LogP contribution in [0.25, 0.3) is 11.4 Å². The van der Waals surface area contributed by atoms with Crippen LogP contribution < -0.4 is 0 Å². The second kappa shape index (κ2) is 9.24. The third kappa shape index (κ3) is 4.45. The molecule has 1 saturated heterocycles. The van der Waals surface area contributed by atoms with Gasteiger partial charge in [0.2, 0.25) is 17.6 Å². The Bertz CT molecular complexity index is 983. The van der Waals surface area contributed by atoms with E-state index in [0.717, 1.165) is 49.0 Å². The van der Waals surface area contributed by atoms with Crippen LogP contribution in [0.3, 0.4) is 0 Å². The zero-order chi connectivity index (χ0) is 20.9. The number of rotatable bonds is 6. The molecule has 1 fully saturated rings. The molecular weight excluding hydrogens is 374 g/mol. The maximum atomic E-state index is 13.2. The topological polar surface area (TPSA) is 59.2 Å². The molecule has 5 nitrogen and oxygen atoms in total. The number of nitrogens with zero attached hydrogens (tertiary/aromatic N) is 3. The summed E-state index contributed by atoms with van der Waals surface area (Å²) >= 11 is 0. The van der Waals surface area contributed by atoms with Crippen molar-refractivity contribution in [2.45, 2.75) is 45.4 Å². The van der Waals surface area contributed by atoms with E-state index >= 15 is 0 Å². The molecule has 0 radical (unpaired) electrons. The van der Waals surface area contributed by atoms with Crippen LogP contribution in [0.4, 0.5) is 0 Å². The molecule has 0 bridgehead atoms. The number of aromatic nitrogens is 2. The Hall–Kier alpha value is -2.95. The molecule has 1 aliphatic heterocycles. The summed E-state index contributed by atoms with van der Waals surface area (Å²) in [5.74, 6) is 1.81. The van der Waals surface area contributed by atoms with Gasteiger partial charge in [-0.1, -0.05) is 66.7 Å². The van der Waals surface area contributed by atoms with Crippen molar-refractivity contribution in [2.24, 2.45) is 5.92 Å². The summed E-state index contributed by atoms with van der Waals surface area (Å²) in [6.45, 7) is 5.72. The number of benzene rings is 2. The minimum atomic E-state index is -0.0685. The summed E-state index contributed by atoms with van der Waals surface area (Å²) in [6.07, 6.45) is 3.62. The third-order valence-corrected chi connectivity index (χ3v) is 6.06. The lowest BCUT2D eigenvalue weighted by molar-refractivity contribution is -0.134. The molecule has 2 heterocycles. The predicted octanol–water partition coefficient (Wildman–Crippen LogP) is 5.02. The van der Waals surface area contributed by atoms with Crippen LogP contribution in [0.1, 0.15) is 49.1 Å². The average Bonchev–Trinajstić information content (AvgIpc) is 3.23. The standard InChI is InChI=1S/C25H29N3O2/c1-3-21(20-12-5-4-6-13-20)25(29)28-15-9-11-19(17-28)16-23-26-24(27-30-23)22-14-8-7-10-18(22)2/h4-8,10,12-14,19,21H,3,9,11,15-17H2,1-2H3/t19-,21-/m1/s1. The summed E-state index contributed by atoms with van der Waals surface area (Å²) in [5.41, 5.74) is 3.24. The second-order valence-corrected chi connectivity index (χ2v) is 8.19. The van der Waals surface area contributed by atoms with Crippen molar-refractivity contribution in [2.75, 3.05) is 13.1 Å². The zero-order valence-corrected chi connectivity index (χ0v) is 17.8. The maximum absolute atomic E-state index is 13.2. The van der Waals surface area contributed by atoms with Gasteiger partial charge in [-0.2, -0.15) is 4.98 Å². The smallest absolute Gasteiger partial charge is 0.230 e. The summed E-state index contributed by atoms with van der Waals surface area (Å²) < 4.78 is 5.55. The van der Waals surface area contributed by atoms with Gasteiger partial charge in [0.05, 0.1) is 5.92 Å². The van der Waals surface area contributed by atoms with Crippen molar-refractivity contribution >= 4 is 5.91 Å². The minimum Gasteiger partial charge on any atom is -0.342 e. The molecule has 1 aromatic heterocycles. The molecule has 5 heteroatoms. The largest absolute Gasteiger partial charge is 0.342 e. The van der Waals surface area contributed by atoms with Crippen molar-refractivity contribution in [3.8, 4) is 11.4 Å². The zero-order valence-electron chi connectivity index (χ0n) is 17.8.